The van der Waals surface area contributed by atoms with Gasteiger partial charge in [-0.15, -0.1) is 0 Å². The van der Waals surface area contributed by atoms with Crippen molar-refractivity contribution in [1.82, 2.24) is 0 Å². The molecule has 2 rings (SSSR count). The molecular weight excluding hydrogens is 314 g/mol. The number of hydrogen-bond donors (Lipinski definition) is 1. The Morgan fingerprint density at radius 2 is 1.73 bits per heavy atom. The van der Waals surface area contributed by atoms with E-state index in [1.54, 1.807) is 0 Å². The molecule has 0 aromatic carbocycles. The lowest BCUT2D eigenvalue weighted by molar-refractivity contribution is 0.0370. The molecule has 2 aliphatic rings. The summed E-state index contributed by atoms with van der Waals surface area (Å²) < 4.78 is 0. The van der Waals surface area contributed by atoms with Crippen LogP contribution in [0.15, 0.2) is 12.2 Å². The summed E-state index contributed by atoms with van der Waals surface area (Å²) in [5.74, 6) is 2.16. The van der Waals surface area contributed by atoms with Gasteiger partial charge in [0.15, 0.2) is 0 Å². The molecule has 152 valence electrons. The Morgan fingerprint density at radius 1 is 1.04 bits per heavy atom. The summed E-state index contributed by atoms with van der Waals surface area (Å²) in [6.45, 7) is 18.8. The van der Waals surface area contributed by atoms with E-state index in [9.17, 15) is 0 Å². The van der Waals surface area contributed by atoms with Crippen LogP contribution in [-0.2, 0) is 0 Å². The molecule has 0 aliphatic heterocycles. The lowest BCUT2D eigenvalue weighted by Crippen LogP contribution is -2.51. The molecule has 0 bridgehead atoms. The molecular formula is C25H47N. The lowest BCUT2D eigenvalue weighted by atomic mass is 9.57. The predicted molar refractivity (Wildman–Crippen MR) is 116 cm³/mol. The number of rotatable bonds is 5. The highest BCUT2D eigenvalue weighted by Crippen LogP contribution is 2.59. The summed E-state index contributed by atoms with van der Waals surface area (Å²) in [7, 11) is 0. The van der Waals surface area contributed by atoms with Gasteiger partial charge in [-0.3, -0.25) is 0 Å². The topological polar surface area (TPSA) is 26.0 Å². The molecule has 2 saturated carbocycles. The summed E-state index contributed by atoms with van der Waals surface area (Å²) in [6.07, 6.45) is 14.6. The molecule has 1 heteroatoms. The van der Waals surface area contributed by atoms with E-state index < -0.39 is 0 Å². The van der Waals surface area contributed by atoms with Gasteiger partial charge < -0.3 is 5.73 Å². The summed E-state index contributed by atoms with van der Waals surface area (Å²) in [6, 6.07) is 0. The van der Waals surface area contributed by atoms with E-state index in [0.717, 1.165) is 5.92 Å². The van der Waals surface area contributed by atoms with Crippen LogP contribution in [0.2, 0.25) is 0 Å². The summed E-state index contributed by atoms with van der Waals surface area (Å²) in [5, 5.41) is 0. The van der Waals surface area contributed by atoms with Gasteiger partial charge in [0, 0.05) is 5.54 Å². The van der Waals surface area contributed by atoms with Gasteiger partial charge in [0.25, 0.3) is 0 Å². The fourth-order valence-electron chi connectivity index (χ4n) is 7.57. The Balaban J connectivity index is 2.37. The van der Waals surface area contributed by atoms with Gasteiger partial charge in [0.05, 0.1) is 0 Å². The molecule has 0 spiro atoms. The van der Waals surface area contributed by atoms with Crippen LogP contribution in [0, 0.1) is 28.6 Å². The third-order valence-electron chi connectivity index (χ3n) is 8.96. The minimum Gasteiger partial charge on any atom is -0.325 e. The molecule has 0 heterocycles. The van der Waals surface area contributed by atoms with Gasteiger partial charge in [-0.25, -0.2) is 0 Å². The Bertz CT molecular complexity index is 479. The van der Waals surface area contributed by atoms with Crippen molar-refractivity contribution in [3.8, 4) is 0 Å². The Hall–Kier alpha value is -0.300. The molecule has 1 nitrogen and oxygen atoms in total. The van der Waals surface area contributed by atoms with Gasteiger partial charge in [-0.2, -0.15) is 0 Å². The Labute approximate surface area is 164 Å². The molecule has 26 heavy (non-hydrogen) atoms. The number of hydrogen-bond acceptors (Lipinski definition) is 1. The standard InChI is InChI=1S/C25H47N/c1-8-15-25(10-3)17-11-16-23(6)21(19(4)5)12-13-22(23)24(7,26)18-14-20(25)9-2/h20-22H,4,8-18,26H2,1-3,5-7H3. The first-order chi connectivity index (χ1) is 12.2. The van der Waals surface area contributed by atoms with Crippen LogP contribution in [0.4, 0.5) is 0 Å². The van der Waals surface area contributed by atoms with Crippen LogP contribution in [0.1, 0.15) is 112 Å². The highest BCUT2D eigenvalue weighted by Gasteiger charge is 2.53. The van der Waals surface area contributed by atoms with E-state index in [1.807, 2.05) is 0 Å². The SMILES string of the molecule is C=C(C)C1CCC2C(C)(N)CCC(CC)C(CC)(CCC)CCCC12C. The van der Waals surface area contributed by atoms with Crippen LogP contribution in [-0.4, -0.2) is 5.54 Å². The maximum absolute atomic E-state index is 7.09. The van der Waals surface area contributed by atoms with Gasteiger partial charge in [0.1, 0.15) is 0 Å². The van der Waals surface area contributed by atoms with Crippen LogP contribution in [0.3, 0.4) is 0 Å². The summed E-state index contributed by atoms with van der Waals surface area (Å²) >= 11 is 0. The van der Waals surface area contributed by atoms with Crippen LogP contribution in [0.25, 0.3) is 0 Å². The summed E-state index contributed by atoms with van der Waals surface area (Å²) in [4.78, 5) is 0. The first kappa shape index (κ1) is 22.0. The molecule has 6 unspecified atom stereocenters. The van der Waals surface area contributed by atoms with Crippen molar-refractivity contribution in [2.45, 2.75) is 118 Å². The van der Waals surface area contributed by atoms with E-state index in [1.165, 1.54) is 76.2 Å². The lowest BCUT2D eigenvalue weighted by Gasteiger charge is -2.49. The Morgan fingerprint density at radius 3 is 2.27 bits per heavy atom. The first-order valence-electron chi connectivity index (χ1n) is 11.6. The third kappa shape index (κ3) is 3.94. The van der Waals surface area contributed by atoms with Gasteiger partial charge in [-0.05, 0) is 87.4 Å². The number of allylic oxidation sites excluding steroid dienone is 1. The minimum absolute atomic E-state index is 0.0323. The average Bonchev–Trinajstić information content (AvgIpc) is 2.92. The number of fused-ring (bicyclic) bond motifs is 1. The fourth-order valence-corrected chi connectivity index (χ4v) is 7.57. The molecule has 6 atom stereocenters. The second-order valence-corrected chi connectivity index (χ2v) is 10.5. The highest BCUT2D eigenvalue weighted by molar-refractivity contribution is 5.13. The predicted octanol–water partition coefficient (Wildman–Crippen LogP) is 7.50. The minimum atomic E-state index is -0.0323. The van der Waals surface area contributed by atoms with E-state index in [0.29, 0.717) is 22.7 Å². The molecule has 0 amide bonds. The van der Waals surface area contributed by atoms with Crippen molar-refractivity contribution >= 4 is 0 Å². The average molecular weight is 362 g/mol. The van der Waals surface area contributed by atoms with Crippen molar-refractivity contribution in [2.75, 3.05) is 0 Å². The first-order valence-corrected chi connectivity index (χ1v) is 11.6. The molecule has 0 aromatic heterocycles. The zero-order chi connectivity index (χ0) is 19.6. The normalized spacial score (nSPS) is 44.5. The molecule has 0 aromatic rings. The van der Waals surface area contributed by atoms with E-state index in [-0.39, 0.29) is 5.54 Å². The fraction of sp³-hybridized carbons (Fsp3) is 0.920. The van der Waals surface area contributed by atoms with Crippen LogP contribution >= 0.6 is 0 Å². The zero-order valence-electron chi connectivity index (χ0n) is 18.8. The van der Waals surface area contributed by atoms with E-state index in [4.69, 9.17) is 5.73 Å². The van der Waals surface area contributed by atoms with Gasteiger partial charge >= 0.3 is 0 Å². The van der Waals surface area contributed by atoms with Crippen molar-refractivity contribution in [3.63, 3.8) is 0 Å². The number of nitrogens with two attached hydrogens (primary N) is 1. The molecule has 2 N–H and O–H groups in total. The largest absolute Gasteiger partial charge is 0.325 e. The van der Waals surface area contributed by atoms with Crippen molar-refractivity contribution in [2.24, 2.45) is 34.3 Å². The molecule has 2 aliphatic carbocycles. The second-order valence-electron chi connectivity index (χ2n) is 10.5. The van der Waals surface area contributed by atoms with E-state index in [2.05, 4.69) is 48.1 Å². The maximum atomic E-state index is 7.09. The van der Waals surface area contributed by atoms with Crippen molar-refractivity contribution in [1.29, 1.82) is 0 Å². The molecule has 2 fully saturated rings. The molecule has 0 radical (unpaired) electrons. The smallest absolute Gasteiger partial charge is 0.0159 e. The van der Waals surface area contributed by atoms with Crippen LogP contribution < -0.4 is 5.73 Å². The van der Waals surface area contributed by atoms with Gasteiger partial charge in [-0.1, -0.05) is 65.5 Å². The maximum Gasteiger partial charge on any atom is 0.0159 e. The third-order valence-corrected chi connectivity index (χ3v) is 8.96. The van der Waals surface area contributed by atoms with Crippen molar-refractivity contribution in [3.05, 3.63) is 12.2 Å². The van der Waals surface area contributed by atoms with Gasteiger partial charge in [0.2, 0.25) is 0 Å². The van der Waals surface area contributed by atoms with Crippen LogP contribution in [0.5, 0.6) is 0 Å². The van der Waals surface area contributed by atoms with Crippen molar-refractivity contribution < 1.29 is 0 Å². The quantitative estimate of drug-likeness (QED) is 0.504. The highest BCUT2D eigenvalue weighted by atomic mass is 14.8. The summed E-state index contributed by atoms with van der Waals surface area (Å²) in [5.41, 5.74) is 9.34. The second kappa shape index (κ2) is 8.38. The molecule has 0 saturated heterocycles. The zero-order valence-corrected chi connectivity index (χ0v) is 18.8. The monoisotopic (exact) mass is 361 g/mol. The van der Waals surface area contributed by atoms with E-state index >= 15 is 0 Å². The Kier molecular flexibility index (Phi) is 7.08.